The van der Waals surface area contributed by atoms with Crippen molar-refractivity contribution >= 4 is 5.97 Å². The first kappa shape index (κ1) is 51.1. The Labute approximate surface area is 336 Å². The van der Waals surface area contributed by atoms with Crippen LogP contribution in [0.1, 0.15) is 162 Å². The summed E-state index contributed by atoms with van der Waals surface area (Å²) in [6, 6.07) is 0. The molecule has 14 heteroatoms. The van der Waals surface area contributed by atoms with E-state index >= 15 is 0 Å². The maximum Gasteiger partial charge on any atom is 0.306 e. The van der Waals surface area contributed by atoms with Gasteiger partial charge in [-0.15, -0.1) is 0 Å². The normalized spacial score (nSPS) is 28.7. The second-order valence-electron chi connectivity index (χ2n) is 15.9. The summed E-state index contributed by atoms with van der Waals surface area (Å²) in [5.74, 6) is -0.376. The fourth-order valence-corrected chi connectivity index (χ4v) is 7.17. The molecule has 7 N–H and O–H groups in total. The van der Waals surface area contributed by atoms with Crippen LogP contribution in [0.3, 0.4) is 0 Å². The highest BCUT2D eigenvalue weighted by atomic mass is 16.7. The number of unbranched alkanes of at least 4 members (excludes halogenated alkanes) is 20. The molecular weight excluding hydrogens is 728 g/mol. The Bertz CT molecular complexity index is 943. The van der Waals surface area contributed by atoms with Crippen molar-refractivity contribution in [3.63, 3.8) is 0 Å². The topological polar surface area (TPSA) is 214 Å². The summed E-state index contributed by atoms with van der Waals surface area (Å²) in [5.41, 5.74) is 0. The molecule has 56 heavy (non-hydrogen) atoms. The van der Waals surface area contributed by atoms with Crippen LogP contribution in [0, 0.1) is 0 Å². The van der Waals surface area contributed by atoms with Crippen LogP contribution in [0.15, 0.2) is 0 Å². The van der Waals surface area contributed by atoms with Gasteiger partial charge < -0.3 is 64.2 Å². The largest absolute Gasteiger partial charge is 0.457 e. The van der Waals surface area contributed by atoms with E-state index in [0.29, 0.717) is 13.0 Å². The standard InChI is InChI=1S/C42H80O14/c1-3-5-7-9-11-12-13-14-15-16-17-18-19-20-21-23-25-34(44)54-31(28-51-26-24-22-10-8-6-4-2)29-52-41-40(50)38(48)36(46)33(56-41)30-53-42-39(49)37(47)35(45)32(27-43)55-42/h31-33,35-43,45-50H,3-30H2,1-2H3. The Balaban J connectivity index is 1.76. The summed E-state index contributed by atoms with van der Waals surface area (Å²) in [7, 11) is 0. The molecule has 2 fully saturated rings. The van der Waals surface area contributed by atoms with Crippen molar-refractivity contribution in [3.05, 3.63) is 0 Å². The van der Waals surface area contributed by atoms with Gasteiger partial charge in [0.15, 0.2) is 12.6 Å². The van der Waals surface area contributed by atoms with E-state index < -0.39 is 80.7 Å². The molecule has 0 aromatic carbocycles. The predicted molar refractivity (Wildman–Crippen MR) is 211 cm³/mol. The van der Waals surface area contributed by atoms with E-state index in [-0.39, 0.29) is 25.6 Å². The quantitative estimate of drug-likeness (QED) is 0.0351. The van der Waals surface area contributed by atoms with Crippen LogP contribution in [-0.2, 0) is 33.2 Å². The highest BCUT2D eigenvalue weighted by molar-refractivity contribution is 5.69. The molecule has 11 atom stereocenters. The molecule has 0 bridgehead atoms. The molecule has 332 valence electrons. The lowest BCUT2D eigenvalue weighted by atomic mass is 9.98. The summed E-state index contributed by atoms with van der Waals surface area (Å²) in [4.78, 5) is 12.9. The number of rotatable bonds is 34. The smallest absolute Gasteiger partial charge is 0.306 e. The predicted octanol–water partition coefficient (Wildman–Crippen LogP) is 4.57. The van der Waals surface area contributed by atoms with Gasteiger partial charge in [0.25, 0.3) is 0 Å². The van der Waals surface area contributed by atoms with Crippen molar-refractivity contribution in [1.29, 1.82) is 0 Å². The van der Waals surface area contributed by atoms with Crippen LogP contribution < -0.4 is 0 Å². The van der Waals surface area contributed by atoms with E-state index in [2.05, 4.69) is 13.8 Å². The fourth-order valence-electron chi connectivity index (χ4n) is 7.17. The average Bonchev–Trinajstić information content (AvgIpc) is 3.19. The number of hydrogen-bond acceptors (Lipinski definition) is 14. The van der Waals surface area contributed by atoms with Crippen molar-refractivity contribution in [2.24, 2.45) is 0 Å². The molecule has 0 amide bonds. The van der Waals surface area contributed by atoms with E-state index in [1.807, 2.05) is 0 Å². The third-order valence-corrected chi connectivity index (χ3v) is 10.9. The van der Waals surface area contributed by atoms with E-state index in [0.717, 1.165) is 38.5 Å². The summed E-state index contributed by atoms with van der Waals surface area (Å²) in [6.45, 7) is 3.64. The van der Waals surface area contributed by atoms with Crippen molar-refractivity contribution in [2.45, 2.75) is 229 Å². The summed E-state index contributed by atoms with van der Waals surface area (Å²) < 4.78 is 34.0. The van der Waals surface area contributed by atoms with Gasteiger partial charge >= 0.3 is 5.97 Å². The average molecular weight is 809 g/mol. The lowest BCUT2D eigenvalue weighted by molar-refractivity contribution is -0.332. The number of carbonyl (C=O) groups excluding carboxylic acids is 1. The van der Waals surface area contributed by atoms with Gasteiger partial charge in [-0.25, -0.2) is 0 Å². The number of carbonyl (C=O) groups is 1. The Kier molecular flexibility index (Phi) is 29.1. The summed E-state index contributed by atoms with van der Waals surface area (Å²) in [6.07, 6.45) is 10.6. The molecule has 2 rings (SSSR count). The van der Waals surface area contributed by atoms with Crippen molar-refractivity contribution in [1.82, 2.24) is 0 Å². The van der Waals surface area contributed by atoms with Crippen LogP contribution in [0.5, 0.6) is 0 Å². The lowest BCUT2D eigenvalue weighted by Gasteiger charge is -2.42. The molecule has 0 aromatic heterocycles. The molecule has 0 saturated carbocycles. The fraction of sp³-hybridized carbons (Fsp3) is 0.976. The van der Waals surface area contributed by atoms with Crippen LogP contribution in [0.25, 0.3) is 0 Å². The molecule has 0 aliphatic carbocycles. The zero-order valence-electron chi connectivity index (χ0n) is 34.6. The van der Waals surface area contributed by atoms with E-state index in [1.54, 1.807) is 0 Å². The molecule has 14 nitrogen and oxygen atoms in total. The van der Waals surface area contributed by atoms with Gasteiger partial charge in [-0.05, 0) is 12.8 Å². The third kappa shape index (κ3) is 20.8. The highest BCUT2D eigenvalue weighted by Gasteiger charge is 2.47. The lowest BCUT2D eigenvalue weighted by Crippen LogP contribution is -2.61. The Morgan fingerprint density at radius 2 is 0.946 bits per heavy atom. The van der Waals surface area contributed by atoms with Gasteiger partial charge in [0, 0.05) is 13.0 Å². The monoisotopic (exact) mass is 809 g/mol. The van der Waals surface area contributed by atoms with E-state index in [9.17, 15) is 40.5 Å². The molecule has 0 radical (unpaired) electrons. The van der Waals surface area contributed by atoms with Crippen molar-refractivity contribution in [2.75, 3.05) is 33.0 Å². The van der Waals surface area contributed by atoms with Gasteiger partial charge in [0.2, 0.25) is 0 Å². The molecule has 2 saturated heterocycles. The van der Waals surface area contributed by atoms with Crippen LogP contribution in [0.2, 0.25) is 0 Å². The first-order valence-corrected chi connectivity index (χ1v) is 22.1. The minimum absolute atomic E-state index is 0.0668. The summed E-state index contributed by atoms with van der Waals surface area (Å²) in [5, 5.41) is 71.6. The zero-order valence-corrected chi connectivity index (χ0v) is 34.6. The van der Waals surface area contributed by atoms with Gasteiger partial charge in [0.1, 0.15) is 54.9 Å². The second kappa shape index (κ2) is 31.9. The second-order valence-corrected chi connectivity index (χ2v) is 15.9. The minimum Gasteiger partial charge on any atom is -0.457 e. The van der Waals surface area contributed by atoms with Gasteiger partial charge in [-0.3, -0.25) is 4.79 Å². The molecule has 0 aromatic rings. The molecule has 2 heterocycles. The molecule has 2 aliphatic rings. The Morgan fingerprint density at radius 1 is 0.518 bits per heavy atom. The first-order chi connectivity index (χ1) is 27.1. The van der Waals surface area contributed by atoms with Crippen LogP contribution in [0.4, 0.5) is 0 Å². The molecule has 0 spiro atoms. The van der Waals surface area contributed by atoms with Gasteiger partial charge in [-0.1, -0.05) is 142 Å². The Morgan fingerprint density at radius 3 is 1.45 bits per heavy atom. The molecule has 11 unspecified atom stereocenters. The Hall–Kier alpha value is -1.01. The van der Waals surface area contributed by atoms with E-state index in [4.69, 9.17) is 28.4 Å². The zero-order chi connectivity index (χ0) is 41.0. The SMILES string of the molecule is CCCCCCCCCCCCCCCCCCC(=O)OC(COCCCCCCCC)COC1OC(COC2OC(CO)C(O)C(O)C2O)C(O)C(O)C1O. The van der Waals surface area contributed by atoms with Crippen LogP contribution in [-0.4, -0.2) is 142 Å². The van der Waals surface area contributed by atoms with Crippen molar-refractivity contribution < 1.29 is 69.0 Å². The maximum absolute atomic E-state index is 12.9. The number of ether oxygens (including phenoxy) is 6. The van der Waals surface area contributed by atoms with Crippen LogP contribution >= 0.6 is 0 Å². The highest BCUT2D eigenvalue weighted by Crippen LogP contribution is 2.26. The van der Waals surface area contributed by atoms with Gasteiger partial charge in [0.05, 0.1) is 26.4 Å². The third-order valence-electron chi connectivity index (χ3n) is 10.9. The summed E-state index contributed by atoms with van der Waals surface area (Å²) >= 11 is 0. The van der Waals surface area contributed by atoms with Crippen molar-refractivity contribution in [3.8, 4) is 0 Å². The van der Waals surface area contributed by atoms with E-state index in [1.165, 1.54) is 96.3 Å². The number of esters is 1. The first-order valence-electron chi connectivity index (χ1n) is 22.1. The number of aliphatic hydroxyl groups excluding tert-OH is 7. The number of hydrogen-bond donors (Lipinski definition) is 7. The number of aliphatic hydroxyl groups is 7. The maximum atomic E-state index is 12.9. The minimum atomic E-state index is -1.70. The molecular formula is C42H80O14. The van der Waals surface area contributed by atoms with Gasteiger partial charge in [-0.2, -0.15) is 0 Å². The molecule has 2 aliphatic heterocycles.